The maximum Gasteiger partial charge on any atom is 0.333 e. The third-order valence-corrected chi connectivity index (χ3v) is 4.33. The molecule has 0 aliphatic carbocycles. The van der Waals surface area contributed by atoms with Gasteiger partial charge in [-0.05, 0) is 49.7 Å². The van der Waals surface area contributed by atoms with E-state index in [9.17, 15) is 15.0 Å². The monoisotopic (exact) mass is 442 g/mol. The second-order valence-corrected chi connectivity index (χ2v) is 7.56. The van der Waals surface area contributed by atoms with Crippen molar-refractivity contribution in [2.45, 2.75) is 38.6 Å². The summed E-state index contributed by atoms with van der Waals surface area (Å²) in [6.07, 6.45) is -1.81. The van der Waals surface area contributed by atoms with Crippen LogP contribution in [0.3, 0.4) is 0 Å². The SMILES string of the molecule is CC(C)O[C@@H](Cc1cccc(OC[C@@H](O)COc2ccc(Cl)cc2Cl)c1)C(=O)O. The molecule has 2 aromatic carbocycles. The molecule has 0 saturated heterocycles. The molecule has 0 aliphatic rings. The molecule has 0 heterocycles. The number of benzene rings is 2. The predicted octanol–water partition coefficient (Wildman–Crippen LogP) is 4.23. The van der Waals surface area contributed by atoms with E-state index in [2.05, 4.69) is 0 Å². The van der Waals surface area contributed by atoms with Gasteiger partial charge in [-0.2, -0.15) is 0 Å². The molecular formula is C21H24Cl2O6. The Morgan fingerprint density at radius 2 is 1.79 bits per heavy atom. The van der Waals surface area contributed by atoms with Gasteiger partial charge < -0.3 is 24.4 Å². The van der Waals surface area contributed by atoms with E-state index in [1.807, 2.05) is 0 Å². The van der Waals surface area contributed by atoms with Crippen LogP contribution in [0, 0.1) is 0 Å². The number of hydrogen-bond donors (Lipinski definition) is 2. The Labute approximate surface area is 179 Å². The average molecular weight is 443 g/mol. The third kappa shape index (κ3) is 8.11. The molecule has 0 spiro atoms. The van der Waals surface area contributed by atoms with Crippen molar-refractivity contribution in [3.8, 4) is 11.5 Å². The summed E-state index contributed by atoms with van der Waals surface area (Å²) < 4.78 is 16.5. The number of carbonyl (C=O) groups is 1. The van der Waals surface area contributed by atoms with Crippen molar-refractivity contribution in [2.75, 3.05) is 13.2 Å². The summed E-state index contributed by atoms with van der Waals surface area (Å²) in [6, 6.07) is 11.8. The number of halogens is 2. The third-order valence-electron chi connectivity index (χ3n) is 3.80. The minimum absolute atomic E-state index is 0.000481. The van der Waals surface area contributed by atoms with Crippen LogP contribution < -0.4 is 9.47 Å². The summed E-state index contributed by atoms with van der Waals surface area (Å²) in [4.78, 5) is 11.4. The van der Waals surface area contributed by atoms with Gasteiger partial charge in [-0.25, -0.2) is 4.79 Å². The fourth-order valence-corrected chi connectivity index (χ4v) is 2.98. The van der Waals surface area contributed by atoms with Crippen molar-refractivity contribution in [1.82, 2.24) is 0 Å². The zero-order valence-electron chi connectivity index (χ0n) is 16.2. The van der Waals surface area contributed by atoms with Crippen LogP contribution in [0.5, 0.6) is 11.5 Å². The van der Waals surface area contributed by atoms with E-state index in [1.54, 1.807) is 56.3 Å². The van der Waals surface area contributed by atoms with E-state index in [1.165, 1.54) is 0 Å². The number of carboxylic acid groups (broad SMARTS) is 1. The Bertz CT molecular complexity index is 812. The van der Waals surface area contributed by atoms with E-state index < -0.39 is 18.2 Å². The summed E-state index contributed by atoms with van der Waals surface area (Å²) in [5.74, 6) is -0.0832. The van der Waals surface area contributed by atoms with Gasteiger partial charge in [-0.1, -0.05) is 35.3 Å². The highest BCUT2D eigenvalue weighted by molar-refractivity contribution is 6.35. The first-order valence-electron chi connectivity index (χ1n) is 9.10. The minimum Gasteiger partial charge on any atom is -0.491 e. The zero-order valence-corrected chi connectivity index (χ0v) is 17.7. The zero-order chi connectivity index (χ0) is 21.4. The molecule has 0 saturated carbocycles. The summed E-state index contributed by atoms with van der Waals surface area (Å²) >= 11 is 11.9. The van der Waals surface area contributed by atoms with Gasteiger partial charge in [-0.15, -0.1) is 0 Å². The smallest absolute Gasteiger partial charge is 0.333 e. The number of aliphatic hydroxyl groups is 1. The minimum atomic E-state index is -1.02. The van der Waals surface area contributed by atoms with Gasteiger partial charge in [0.15, 0.2) is 6.10 Å². The first-order chi connectivity index (χ1) is 13.7. The molecular weight excluding hydrogens is 419 g/mol. The molecule has 2 atom stereocenters. The van der Waals surface area contributed by atoms with Crippen LogP contribution >= 0.6 is 23.2 Å². The van der Waals surface area contributed by atoms with Crippen molar-refractivity contribution in [2.24, 2.45) is 0 Å². The normalized spacial score (nSPS) is 13.2. The molecule has 2 aromatic rings. The maximum atomic E-state index is 11.4. The molecule has 8 heteroatoms. The van der Waals surface area contributed by atoms with Gasteiger partial charge in [0.25, 0.3) is 0 Å². The lowest BCUT2D eigenvalue weighted by Crippen LogP contribution is -2.29. The molecule has 29 heavy (non-hydrogen) atoms. The van der Waals surface area contributed by atoms with Crippen molar-refractivity contribution in [1.29, 1.82) is 0 Å². The van der Waals surface area contributed by atoms with Crippen LogP contribution in [-0.4, -0.2) is 47.7 Å². The lowest BCUT2D eigenvalue weighted by Gasteiger charge is -2.17. The van der Waals surface area contributed by atoms with Gasteiger partial charge in [0, 0.05) is 11.4 Å². The number of hydrogen-bond acceptors (Lipinski definition) is 5. The number of carboxylic acids is 1. The largest absolute Gasteiger partial charge is 0.491 e. The highest BCUT2D eigenvalue weighted by Gasteiger charge is 2.20. The Morgan fingerprint density at radius 3 is 2.45 bits per heavy atom. The van der Waals surface area contributed by atoms with Crippen LogP contribution in [0.2, 0.25) is 10.0 Å². The number of aliphatic hydroxyl groups excluding tert-OH is 1. The highest BCUT2D eigenvalue weighted by atomic mass is 35.5. The molecule has 0 bridgehead atoms. The van der Waals surface area contributed by atoms with E-state index >= 15 is 0 Å². The number of ether oxygens (including phenoxy) is 3. The maximum absolute atomic E-state index is 11.4. The Hall–Kier alpha value is -1.99. The molecule has 0 amide bonds. The molecule has 0 unspecified atom stereocenters. The van der Waals surface area contributed by atoms with Crippen LogP contribution in [0.15, 0.2) is 42.5 Å². The summed E-state index contributed by atoms with van der Waals surface area (Å²) in [5.41, 5.74) is 0.759. The van der Waals surface area contributed by atoms with Gasteiger partial charge >= 0.3 is 5.97 Å². The molecule has 0 fully saturated rings. The van der Waals surface area contributed by atoms with Crippen LogP contribution in [0.1, 0.15) is 19.4 Å². The predicted molar refractivity (Wildman–Crippen MR) is 111 cm³/mol. The second kappa shape index (κ2) is 11.3. The van der Waals surface area contributed by atoms with E-state index in [0.717, 1.165) is 5.56 Å². The molecule has 0 radical (unpaired) electrons. The van der Waals surface area contributed by atoms with Gasteiger partial charge in [0.1, 0.15) is 30.8 Å². The summed E-state index contributed by atoms with van der Waals surface area (Å²) in [5, 5.41) is 20.2. The Balaban J connectivity index is 1.87. The summed E-state index contributed by atoms with van der Waals surface area (Å²) in [6.45, 7) is 3.57. The van der Waals surface area contributed by atoms with Crippen LogP contribution in [-0.2, 0) is 16.0 Å². The van der Waals surface area contributed by atoms with Crippen LogP contribution in [0.25, 0.3) is 0 Å². The Kier molecular flexibility index (Phi) is 9.04. The van der Waals surface area contributed by atoms with Gasteiger partial charge in [0.2, 0.25) is 0 Å². The van der Waals surface area contributed by atoms with Crippen molar-refractivity contribution in [3.05, 3.63) is 58.1 Å². The quantitative estimate of drug-likeness (QED) is 0.541. The first kappa shape index (κ1) is 23.3. The fourth-order valence-electron chi connectivity index (χ4n) is 2.52. The van der Waals surface area contributed by atoms with Crippen molar-refractivity contribution >= 4 is 29.2 Å². The van der Waals surface area contributed by atoms with Gasteiger partial charge in [-0.3, -0.25) is 0 Å². The first-order valence-corrected chi connectivity index (χ1v) is 9.86. The molecule has 0 aromatic heterocycles. The molecule has 2 rings (SSSR count). The van der Waals surface area contributed by atoms with Crippen molar-refractivity contribution in [3.63, 3.8) is 0 Å². The highest BCUT2D eigenvalue weighted by Crippen LogP contribution is 2.27. The van der Waals surface area contributed by atoms with Crippen LogP contribution in [0.4, 0.5) is 0 Å². The molecule has 0 aliphatic heterocycles. The number of rotatable bonds is 11. The topological polar surface area (TPSA) is 85.2 Å². The molecule has 6 nitrogen and oxygen atoms in total. The van der Waals surface area contributed by atoms with E-state index in [4.69, 9.17) is 37.4 Å². The van der Waals surface area contributed by atoms with E-state index in [0.29, 0.717) is 21.5 Å². The molecule has 158 valence electrons. The Morgan fingerprint density at radius 1 is 1.07 bits per heavy atom. The lowest BCUT2D eigenvalue weighted by molar-refractivity contribution is -0.153. The summed E-state index contributed by atoms with van der Waals surface area (Å²) in [7, 11) is 0. The van der Waals surface area contributed by atoms with E-state index in [-0.39, 0.29) is 25.7 Å². The number of aliphatic carboxylic acids is 1. The standard InChI is InChI=1S/C21H24Cl2O6/c1-13(2)29-20(21(25)26)9-14-4-3-5-17(8-14)27-11-16(24)12-28-19-7-6-15(22)10-18(19)23/h3-8,10,13,16,20,24H,9,11-12H2,1-2H3,(H,25,26)/t16-,20+/m1/s1. The van der Waals surface area contributed by atoms with Gasteiger partial charge in [0.05, 0.1) is 11.1 Å². The lowest BCUT2D eigenvalue weighted by atomic mass is 10.1. The van der Waals surface area contributed by atoms with Crippen molar-refractivity contribution < 1.29 is 29.2 Å². The average Bonchev–Trinajstić information content (AvgIpc) is 2.65. The fraction of sp³-hybridized carbons (Fsp3) is 0.381. The molecule has 2 N–H and O–H groups in total. The second-order valence-electron chi connectivity index (χ2n) is 6.71.